The smallest absolute Gasteiger partial charge is 0.131 e. The maximum Gasteiger partial charge on any atom is 0.131 e. The van der Waals surface area contributed by atoms with Crippen molar-refractivity contribution in [2.45, 2.75) is 12.5 Å². The molecule has 0 N–H and O–H groups in total. The number of ether oxygens (including phenoxy) is 1. The highest BCUT2D eigenvalue weighted by molar-refractivity contribution is 6.29. The van der Waals surface area contributed by atoms with Crippen LogP contribution in [0.5, 0.6) is 0 Å². The van der Waals surface area contributed by atoms with Crippen LogP contribution in [0, 0.1) is 0 Å². The third-order valence-corrected chi connectivity index (χ3v) is 2.76. The largest absolute Gasteiger partial charge is 0.380 e. The first-order valence-corrected chi connectivity index (χ1v) is 5.06. The molecule has 1 aliphatic heterocycles. The van der Waals surface area contributed by atoms with Crippen molar-refractivity contribution in [3.05, 3.63) is 23.5 Å². The summed E-state index contributed by atoms with van der Waals surface area (Å²) in [5.41, 5.74) is 1.13. The lowest BCUT2D eigenvalue weighted by Crippen LogP contribution is -2.22. The number of pyridine rings is 1. The summed E-state index contributed by atoms with van der Waals surface area (Å²) in [6.45, 7) is 1.97. The summed E-state index contributed by atoms with van der Waals surface area (Å²) in [5, 5.41) is 0.545. The van der Waals surface area contributed by atoms with Crippen LogP contribution in [0.3, 0.4) is 0 Å². The summed E-state index contributed by atoms with van der Waals surface area (Å²) in [5.74, 6) is 0. The van der Waals surface area contributed by atoms with E-state index in [9.17, 15) is 0 Å². The summed E-state index contributed by atoms with van der Waals surface area (Å²) in [7, 11) is 1.76. The molecule has 1 fully saturated rings. The Morgan fingerprint density at radius 1 is 1.64 bits per heavy atom. The van der Waals surface area contributed by atoms with E-state index >= 15 is 0 Å². The highest BCUT2D eigenvalue weighted by Gasteiger charge is 2.22. The fraction of sp³-hybridized carbons (Fsp3) is 0.500. The minimum atomic E-state index is 0.349. The van der Waals surface area contributed by atoms with Gasteiger partial charge in [0.25, 0.3) is 0 Å². The number of methoxy groups -OCH3 is 1. The molecule has 1 saturated heterocycles. The highest BCUT2D eigenvalue weighted by atomic mass is 35.5. The Hall–Kier alpha value is -0.800. The van der Waals surface area contributed by atoms with Gasteiger partial charge in [-0.05, 0) is 18.6 Å². The van der Waals surface area contributed by atoms with Crippen molar-refractivity contribution in [1.29, 1.82) is 0 Å². The summed E-state index contributed by atoms with van der Waals surface area (Å²) in [6.07, 6.45) is 3.16. The zero-order chi connectivity index (χ0) is 9.97. The second-order valence-electron chi connectivity index (χ2n) is 3.43. The van der Waals surface area contributed by atoms with Crippen LogP contribution in [0.15, 0.2) is 18.3 Å². The molecule has 0 radical (unpaired) electrons. The highest BCUT2D eigenvalue weighted by Crippen LogP contribution is 2.22. The molecule has 0 spiro atoms. The Morgan fingerprint density at radius 2 is 2.50 bits per heavy atom. The number of nitrogens with zero attached hydrogens (tertiary/aromatic N) is 2. The lowest BCUT2D eigenvalue weighted by atomic mass is 10.3. The number of rotatable bonds is 2. The standard InChI is InChI=1S/C10H13ClN2O/c1-14-9-3-5-13(7-9)8-2-4-12-10(11)6-8/h2,4,6,9H,3,5,7H2,1H3. The topological polar surface area (TPSA) is 25.4 Å². The van der Waals surface area contributed by atoms with Gasteiger partial charge in [0.1, 0.15) is 5.15 Å². The van der Waals surface area contributed by atoms with Gasteiger partial charge in [0.05, 0.1) is 6.10 Å². The third-order valence-electron chi connectivity index (χ3n) is 2.55. The van der Waals surface area contributed by atoms with Crippen molar-refractivity contribution in [3.63, 3.8) is 0 Å². The van der Waals surface area contributed by atoms with Crippen molar-refractivity contribution < 1.29 is 4.74 Å². The van der Waals surface area contributed by atoms with Gasteiger partial charge in [-0.3, -0.25) is 0 Å². The maximum atomic E-state index is 5.82. The molecular weight excluding hydrogens is 200 g/mol. The van der Waals surface area contributed by atoms with Gasteiger partial charge in [0.15, 0.2) is 0 Å². The third kappa shape index (κ3) is 1.99. The van der Waals surface area contributed by atoms with Crippen molar-refractivity contribution >= 4 is 17.3 Å². The molecule has 0 saturated carbocycles. The Labute approximate surface area is 88.6 Å². The van der Waals surface area contributed by atoms with Gasteiger partial charge in [0.2, 0.25) is 0 Å². The molecule has 0 amide bonds. The van der Waals surface area contributed by atoms with Gasteiger partial charge < -0.3 is 9.64 Å². The fourth-order valence-corrected chi connectivity index (χ4v) is 1.91. The molecule has 1 unspecified atom stereocenters. The Bertz CT molecular complexity index is 319. The molecule has 1 aromatic rings. The summed E-state index contributed by atoms with van der Waals surface area (Å²) in [6, 6.07) is 3.86. The van der Waals surface area contributed by atoms with Crippen molar-refractivity contribution in [2.24, 2.45) is 0 Å². The summed E-state index contributed by atoms with van der Waals surface area (Å²) < 4.78 is 5.30. The van der Waals surface area contributed by atoms with Crippen LogP contribution in [-0.2, 0) is 4.74 Å². The van der Waals surface area contributed by atoms with Crippen molar-refractivity contribution in [3.8, 4) is 0 Å². The molecule has 1 aliphatic rings. The Morgan fingerprint density at radius 3 is 3.14 bits per heavy atom. The van der Waals surface area contributed by atoms with Crippen LogP contribution in [0.25, 0.3) is 0 Å². The predicted octanol–water partition coefficient (Wildman–Crippen LogP) is 1.96. The molecule has 0 aliphatic carbocycles. The lowest BCUT2D eigenvalue weighted by molar-refractivity contribution is 0.121. The van der Waals surface area contributed by atoms with Gasteiger partial charge in [-0.15, -0.1) is 0 Å². The molecule has 1 atom stereocenters. The number of hydrogen-bond acceptors (Lipinski definition) is 3. The van der Waals surface area contributed by atoms with E-state index in [4.69, 9.17) is 16.3 Å². The van der Waals surface area contributed by atoms with E-state index in [2.05, 4.69) is 9.88 Å². The Kier molecular flexibility index (Phi) is 2.89. The van der Waals surface area contributed by atoms with Crippen LogP contribution in [0.4, 0.5) is 5.69 Å². The van der Waals surface area contributed by atoms with Crippen LogP contribution in [0.2, 0.25) is 5.15 Å². The minimum absolute atomic E-state index is 0.349. The molecular formula is C10H13ClN2O. The lowest BCUT2D eigenvalue weighted by Gasteiger charge is -2.17. The molecule has 3 nitrogen and oxygen atoms in total. The van der Waals surface area contributed by atoms with Crippen LogP contribution in [-0.4, -0.2) is 31.3 Å². The van der Waals surface area contributed by atoms with Crippen LogP contribution < -0.4 is 4.90 Å². The van der Waals surface area contributed by atoms with Gasteiger partial charge in [0, 0.05) is 32.1 Å². The van der Waals surface area contributed by atoms with E-state index in [1.165, 1.54) is 0 Å². The van der Waals surface area contributed by atoms with Crippen molar-refractivity contribution in [2.75, 3.05) is 25.1 Å². The zero-order valence-corrected chi connectivity index (χ0v) is 8.87. The van der Waals surface area contributed by atoms with E-state index in [0.29, 0.717) is 11.3 Å². The minimum Gasteiger partial charge on any atom is -0.380 e. The molecule has 0 bridgehead atoms. The van der Waals surface area contributed by atoms with Crippen LogP contribution in [0.1, 0.15) is 6.42 Å². The number of anilines is 1. The first-order valence-electron chi connectivity index (χ1n) is 4.69. The Balaban J connectivity index is 2.09. The SMILES string of the molecule is COC1CCN(c2ccnc(Cl)c2)C1. The number of hydrogen-bond donors (Lipinski definition) is 0. The van der Waals surface area contributed by atoms with E-state index in [-0.39, 0.29) is 0 Å². The van der Waals surface area contributed by atoms with E-state index in [0.717, 1.165) is 25.2 Å². The van der Waals surface area contributed by atoms with Gasteiger partial charge in [-0.1, -0.05) is 11.6 Å². The number of aromatic nitrogens is 1. The van der Waals surface area contributed by atoms with E-state index in [1.54, 1.807) is 13.3 Å². The predicted molar refractivity (Wildman–Crippen MR) is 56.9 cm³/mol. The molecule has 1 aromatic heterocycles. The van der Waals surface area contributed by atoms with E-state index < -0.39 is 0 Å². The first kappa shape index (κ1) is 9.74. The molecule has 4 heteroatoms. The second kappa shape index (κ2) is 4.15. The van der Waals surface area contributed by atoms with Gasteiger partial charge in [-0.25, -0.2) is 4.98 Å². The molecule has 76 valence electrons. The number of halogens is 1. The van der Waals surface area contributed by atoms with Crippen molar-refractivity contribution in [1.82, 2.24) is 4.98 Å². The zero-order valence-electron chi connectivity index (χ0n) is 8.11. The fourth-order valence-electron chi connectivity index (χ4n) is 1.74. The first-order chi connectivity index (χ1) is 6.79. The summed E-state index contributed by atoms with van der Waals surface area (Å²) >= 11 is 5.82. The summed E-state index contributed by atoms with van der Waals surface area (Å²) in [4.78, 5) is 6.22. The van der Waals surface area contributed by atoms with Gasteiger partial charge >= 0.3 is 0 Å². The van der Waals surface area contributed by atoms with Gasteiger partial charge in [-0.2, -0.15) is 0 Å². The molecule has 0 aromatic carbocycles. The quantitative estimate of drug-likeness (QED) is 0.701. The normalized spacial score (nSPS) is 21.6. The maximum absolute atomic E-state index is 5.82. The molecule has 2 rings (SSSR count). The van der Waals surface area contributed by atoms with Crippen LogP contribution >= 0.6 is 11.6 Å². The monoisotopic (exact) mass is 212 g/mol. The molecule has 2 heterocycles. The molecule has 14 heavy (non-hydrogen) atoms. The second-order valence-corrected chi connectivity index (χ2v) is 3.82. The average Bonchev–Trinajstić information content (AvgIpc) is 2.66. The van der Waals surface area contributed by atoms with E-state index in [1.807, 2.05) is 12.1 Å². The average molecular weight is 213 g/mol.